The van der Waals surface area contributed by atoms with E-state index in [2.05, 4.69) is 10.2 Å². The van der Waals surface area contributed by atoms with Crippen molar-refractivity contribution in [3.05, 3.63) is 120 Å². The van der Waals surface area contributed by atoms with Gasteiger partial charge in [-0.15, -0.1) is 10.2 Å². The van der Waals surface area contributed by atoms with Gasteiger partial charge in [0.15, 0.2) is 0 Å². The fraction of sp³-hybridized carbons (Fsp3) is 0.0882. The van der Waals surface area contributed by atoms with Crippen LogP contribution in [0.15, 0.2) is 103 Å². The number of para-hydroxylation sites is 3. The highest BCUT2D eigenvalue weighted by atomic mass is 15.3. The van der Waals surface area contributed by atoms with Gasteiger partial charge < -0.3 is 0 Å². The van der Waals surface area contributed by atoms with Crippen molar-refractivity contribution in [2.45, 2.75) is 20.8 Å². The average Bonchev–Trinajstić information content (AvgIpc) is 3.80. The van der Waals surface area contributed by atoms with Crippen LogP contribution in [-0.4, -0.2) is 49.7 Å². The van der Waals surface area contributed by atoms with Gasteiger partial charge >= 0.3 is 0 Å². The fourth-order valence-corrected chi connectivity index (χ4v) is 5.64. The maximum absolute atomic E-state index is 5.16. The van der Waals surface area contributed by atoms with Gasteiger partial charge in [-0.2, -0.15) is 25.5 Å². The van der Waals surface area contributed by atoms with Crippen molar-refractivity contribution in [1.82, 2.24) is 49.7 Å². The lowest BCUT2D eigenvalue weighted by molar-refractivity contribution is 0.847. The molecule has 8 rings (SSSR count). The van der Waals surface area contributed by atoms with Crippen molar-refractivity contribution in [2.75, 3.05) is 0 Å². The number of nitrogens with zero attached hydrogens (tertiary/aromatic N) is 10. The molecule has 10 nitrogen and oxygen atoms in total. The summed E-state index contributed by atoms with van der Waals surface area (Å²) in [6, 6.07) is 30.1. The van der Waals surface area contributed by atoms with Crippen molar-refractivity contribution >= 4 is 21.8 Å². The zero-order valence-electron chi connectivity index (χ0n) is 24.3. The highest BCUT2D eigenvalue weighted by Gasteiger charge is 2.27. The highest BCUT2D eigenvalue weighted by molar-refractivity contribution is 6.01. The maximum atomic E-state index is 5.16. The van der Waals surface area contributed by atoms with E-state index in [-0.39, 0.29) is 0 Å². The van der Waals surface area contributed by atoms with Crippen LogP contribution < -0.4 is 0 Å². The van der Waals surface area contributed by atoms with Crippen LogP contribution in [0.5, 0.6) is 0 Å². The molecule has 0 amide bonds. The summed E-state index contributed by atoms with van der Waals surface area (Å²) in [5.41, 5.74) is 9.46. The fourth-order valence-electron chi connectivity index (χ4n) is 5.64. The highest BCUT2D eigenvalue weighted by Crippen LogP contribution is 2.39. The monoisotopic (exact) mass is 574 g/mol. The third kappa shape index (κ3) is 4.07. The molecule has 0 fully saturated rings. The first-order valence-electron chi connectivity index (χ1n) is 14.3. The summed E-state index contributed by atoms with van der Waals surface area (Å²) in [6.07, 6.45) is 4.00. The quantitative estimate of drug-likeness (QED) is 0.235. The molecule has 212 valence electrons. The van der Waals surface area contributed by atoms with Crippen molar-refractivity contribution in [3.63, 3.8) is 0 Å². The molecule has 0 saturated heterocycles. The predicted octanol–water partition coefficient (Wildman–Crippen LogP) is 6.39. The molecule has 0 aliphatic rings. The van der Waals surface area contributed by atoms with E-state index >= 15 is 0 Å². The van der Waals surface area contributed by atoms with E-state index in [4.69, 9.17) is 25.5 Å². The van der Waals surface area contributed by atoms with Crippen molar-refractivity contribution < 1.29 is 0 Å². The topological polar surface area (TPSA) is 105 Å². The molecule has 0 unspecified atom stereocenters. The van der Waals surface area contributed by atoms with E-state index in [0.717, 1.165) is 61.5 Å². The smallest absolute Gasteiger partial charge is 0.125 e. The molecule has 5 aromatic heterocycles. The van der Waals surface area contributed by atoms with Gasteiger partial charge in [-0.05, 0) is 57.2 Å². The summed E-state index contributed by atoms with van der Waals surface area (Å²) in [6.45, 7) is 5.89. The summed E-state index contributed by atoms with van der Waals surface area (Å²) >= 11 is 0. The second-order valence-electron chi connectivity index (χ2n) is 10.7. The number of rotatable bonds is 5. The number of hydrogen-bond donors (Lipinski definition) is 0. The van der Waals surface area contributed by atoms with E-state index in [0.29, 0.717) is 17.1 Å². The maximum Gasteiger partial charge on any atom is 0.125 e. The van der Waals surface area contributed by atoms with Crippen molar-refractivity contribution in [1.29, 1.82) is 0 Å². The molecule has 0 N–H and O–H groups in total. The first-order chi connectivity index (χ1) is 21.6. The number of aromatic nitrogens is 10. The van der Waals surface area contributed by atoms with Crippen molar-refractivity contribution in [3.8, 4) is 39.7 Å². The Morgan fingerprint density at radius 3 is 1.43 bits per heavy atom. The summed E-state index contributed by atoms with van der Waals surface area (Å²) in [4.78, 5) is 0. The summed E-state index contributed by atoms with van der Waals surface area (Å²) < 4.78 is 5.66. The van der Waals surface area contributed by atoms with Crippen molar-refractivity contribution in [2.24, 2.45) is 0 Å². The Hall–Kier alpha value is -6.03. The van der Waals surface area contributed by atoms with Gasteiger partial charge in [0.2, 0.25) is 0 Å². The Morgan fingerprint density at radius 1 is 0.455 bits per heavy atom. The van der Waals surface area contributed by atoms with E-state index < -0.39 is 0 Å². The van der Waals surface area contributed by atoms with E-state index in [9.17, 15) is 0 Å². The third-order valence-electron chi connectivity index (χ3n) is 7.84. The van der Waals surface area contributed by atoms with Crippen LogP contribution in [0.1, 0.15) is 17.1 Å². The first-order valence-corrected chi connectivity index (χ1v) is 14.3. The Balaban J connectivity index is 1.42. The minimum Gasteiger partial charge on any atom is -0.240 e. The Kier molecular flexibility index (Phi) is 5.86. The van der Waals surface area contributed by atoms with Gasteiger partial charge in [-0.1, -0.05) is 54.6 Å². The lowest BCUT2D eigenvalue weighted by Gasteiger charge is -2.06. The molecule has 10 heteroatoms. The molecule has 0 aliphatic carbocycles. The van der Waals surface area contributed by atoms with Crippen LogP contribution in [0.2, 0.25) is 0 Å². The Bertz CT molecular complexity index is 2300. The Morgan fingerprint density at radius 2 is 0.909 bits per heavy atom. The number of benzene rings is 3. The first kappa shape index (κ1) is 25.7. The third-order valence-corrected chi connectivity index (χ3v) is 7.84. The zero-order valence-corrected chi connectivity index (χ0v) is 24.3. The second-order valence-corrected chi connectivity index (χ2v) is 10.7. The van der Waals surface area contributed by atoms with E-state index in [1.54, 1.807) is 0 Å². The molecular formula is C34H26N10. The molecule has 5 heterocycles. The van der Waals surface area contributed by atoms with Gasteiger partial charge in [-0.3, -0.25) is 0 Å². The number of fused-ring (bicyclic) bond motifs is 2. The van der Waals surface area contributed by atoms with Crippen LogP contribution >= 0.6 is 0 Å². The van der Waals surface area contributed by atoms with Crippen LogP contribution in [0.3, 0.4) is 0 Å². The molecule has 0 aliphatic heterocycles. The largest absolute Gasteiger partial charge is 0.240 e. The number of aryl methyl sites for hydroxylation is 2. The molecule has 0 spiro atoms. The van der Waals surface area contributed by atoms with Gasteiger partial charge in [0.1, 0.15) is 28.1 Å². The molecule has 0 atom stereocenters. The molecule has 8 aromatic rings. The predicted molar refractivity (Wildman–Crippen MR) is 169 cm³/mol. The molecular weight excluding hydrogens is 548 g/mol. The lowest BCUT2D eigenvalue weighted by Crippen LogP contribution is -1.99. The molecule has 44 heavy (non-hydrogen) atoms. The second kappa shape index (κ2) is 10.1. The van der Waals surface area contributed by atoms with E-state index in [1.807, 2.05) is 138 Å². The average molecular weight is 575 g/mol. The van der Waals surface area contributed by atoms with Crippen LogP contribution in [0.25, 0.3) is 61.5 Å². The lowest BCUT2D eigenvalue weighted by atomic mass is 10.0. The van der Waals surface area contributed by atoms with Crippen LogP contribution in [-0.2, 0) is 0 Å². The van der Waals surface area contributed by atoms with Crippen LogP contribution in [0, 0.1) is 20.8 Å². The zero-order chi connectivity index (χ0) is 29.8. The standard InChI is InChI=1S/C34H26N10/c1-21-30-27(19-42(39-30)24-13-7-4-8-14-24)32(37-35-21)29-23(3)44(26-17-11-6-12-18-26)41-34(29)33-28-20-43(25-15-9-5-10-16-25)40-31(28)22(2)36-38-33/h4-20H,1-3H3. The Labute approximate surface area is 252 Å². The number of hydrogen-bond acceptors (Lipinski definition) is 7. The minimum atomic E-state index is 0.617. The normalized spacial score (nSPS) is 11.5. The molecule has 0 radical (unpaired) electrons. The van der Waals surface area contributed by atoms with Crippen LogP contribution in [0.4, 0.5) is 0 Å². The minimum absolute atomic E-state index is 0.617. The summed E-state index contributed by atoms with van der Waals surface area (Å²) in [7, 11) is 0. The van der Waals surface area contributed by atoms with Gasteiger partial charge in [0.25, 0.3) is 0 Å². The molecule has 0 saturated carbocycles. The molecule has 3 aromatic carbocycles. The summed E-state index contributed by atoms with van der Waals surface area (Å²) in [5.74, 6) is 0. The SMILES string of the molecule is Cc1nnc(-c2nn(-c3ccccc3)c(C)c2-c2nnc(C)c3nn(-c4ccccc4)cc23)c2cn(-c3ccccc3)nc12. The van der Waals surface area contributed by atoms with Gasteiger partial charge in [-0.25, -0.2) is 14.0 Å². The summed E-state index contributed by atoms with van der Waals surface area (Å²) in [5, 5.41) is 35.2. The van der Waals surface area contributed by atoms with Gasteiger partial charge in [0.05, 0.1) is 50.5 Å². The molecule has 0 bridgehead atoms. The van der Waals surface area contributed by atoms with E-state index in [1.165, 1.54) is 0 Å². The van der Waals surface area contributed by atoms with Gasteiger partial charge in [0, 0.05) is 12.4 Å².